The lowest BCUT2D eigenvalue weighted by molar-refractivity contribution is -0.187. The zero-order valence-electron chi connectivity index (χ0n) is 14.2. The summed E-state index contributed by atoms with van der Waals surface area (Å²) in [7, 11) is 0. The van der Waals surface area contributed by atoms with Gasteiger partial charge in [-0.2, -0.15) is 8.78 Å². The standard InChI is InChI=1S/C20H11ClF6O/c1-10-2-4-11(5-3-10)13-6-7-14(19(25)18(13)24)20(26,27)28-12-8-15(22)17(21)16(23)9-12/h2-9H,1H3. The van der Waals surface area contributed by atoms with Crippen LogP contribution in [0.25, 0.3) is 11.1 Å². The first-order valence-corrected chi connectivity index (χ1v) is 8.25. The Morgan fingerprint density at radius 1 is 0.821 bits per heavy atom. The summed E-state index contributed by atoms with van der Waals surface area (Å²) in [6.07, 6.45) is -4.40. The molecule has 3 aromatic rings. The zero-order valence-corrected chi connectivity index (χ0v) is 14.9. The first kappa shape index (κ1) is 20.1. The van der Waals surface area contributed by atoms with Gasteiger partial charge >= 0.3 is 6.11 Å². The van der Waals surface area contributed by atoms with Gasteiger partial charge in [-0.1, -0.05) is 47.5 Å². The number of benzene rings is 3. The molecule has 0 N–H and O–H groups in total. The first-order chi connectivity index (χ1) is 13.1. The molecule has 0 fully saturated rings. The summed E-state index contributed by atoms with van der Waals surface area (Å²) >= 11 is 5.27. The quantitative estimate of drug-likeness (QED) is 0.328. The monoisotopic (exact) mass is 416 g/mol. The molecule has 146 valence electrons. The van der Waals surface area contributed by atoms with Gasteiger partial charge in [0.2, 0.25) is 0 Å². The molecule has 0 aliphatic rings. The van der Waals surface area contributed by atoms with E-state index in [-0.39, 0.29) is 5.56 Å². The van der Waals surface area contributed by atoms with Gasteiger partial charge in [0.1, 0.15) is 28.0 Å². The molecular weight excluding hydrogens is 406 g/mol. The van der Waals surface area contributed by atoms with Gasteiger partial charge in [-0.3, -0.25) is 0 Å². The normalized spacial score (nSPS) is 11.6. The highest BCUT2D eigenvalue weighted by Gasteiger charge is 2.39. The molecule has 0 unspecified atom stereocenters. The van der Waals surface area contributed by atoms with Crippen LogP contribution in [-0.4, -0.2) is 0 Å². The van der Waals surface area contributed by atoms with E-state index in [1.54, 1.807) is 19.1 Å². The van der Waals surface area contributed by atoms with Crippen molar-refractivity contribution in [3.05, 3.63) is 87.9 Å². The van der Waals surface area contributed by atoms with Gasteiger partial charge in [0.05, 0.1) is 0 Å². The van der Waals surface area contributed by atoms with Crippen LogP contribution in [0.3, 0.4) is 0 Å². The lowest BCUT2D eigenvalue weighted by Gasteiger charge is -2.20. The number of ether oxygens (including phenoxy) is 1. The van der Waals surface area contributed by atoms with Crippen molar-refractivity contribution in [2.45, 2.75) is 13.0 Å². The van der Waals surface area contributed by atoms with E-state index in [0.29, 0.717) is 23.8 Å². The average Bonchev–Trinajstić information content (AvgIpc) is 2.62. The van der Waals surface area contributed by atoms with E-state index in [2.05, 4.69) is 4.74 Å². The van der Waals surface area contributed by atoms with Crippen LogP contribution in [0.4, 0.5) is 26.3 Å². The Bertz CT molecular complexity index is 1010. The lowest BCUT2D eigenvalue weighted by atomic mass is 10.0. The van der Waals surface area contributed by atoms with E-state index in [4.69, 9.17) is 11.6 Å². The van der Waals surface area contributed by atoms with Gasteiger partial charge in [0, 0.05) is 17.7 Å². The van der Waals surface area contributed by atoms with E-state index in [1.165, 1.54) is 12.1 Å². The fourth-order valence-corrected chi connectivity index (χ4v) is 2.63. The predicted octanol–water partition coefficient (Wildman–Crippen LogP) is 7.00. The van der Waals surface area contributed by atoms with Crippen molar-refractivity contribution in [2.75, 3.05) is 0 Å². The molecular formula is C20H11ClF6O. The Morgan fingerprint density at radius 3 is 1.96 bits per heavy atom. The molecule has 0 amide bonds. The van der Waals surface area contributed by atoms with E-state index in [1.807, 2.05) is 0 Å². The van der Waals surface area contributed by atoms with Crippen molar-refractivity contribution in [3.8, 4) is 16.9 Å². The molecule has 3 rings (SSSR count). The van der Waals surface area contributed by atoms with Gasteiger partial charge in [-0.25, -0.2) is 17.6 Å². The molecule has 1 nitrogen and oxygen atoms in total. The fourth-order valence-electron chi connectivity index (χ4n) is 2.52. The summed E-state index contributed by atoms with van der Waals surface area (Å²) in [6, 6.07) is 8.78. The number of rotatable bonds is 4. The Kier molecular flexibility index (Phi) is 5.30. The molecule has 0 aromatic heterocycles. The molecule has 0 bridgehead atoms. The summed E-state index contributed by atoms with van der Waals surface area (Å²) in [6.45, 7) is 1.80. The van der Waals surface area contributed by atoms with E-state index in [0.717, 1.165) is 11.6 Å². The van der Waals surface area contributed by atoms with Gasteiger partial charge in [0.15, 0.2) is 11.6 Å². The molecule has 8 heteroatoms. The minimum Gasteiger partial charge on any atom is -0.429 e. The highest BCUT2D eigenvalue weighted by atomic mass is 35.5. The average molecular weight is 417 g/mol. The Labute approximate surface area is 161 Å². The molecule has 0 aliphatic carbocycles. The van der Waals surface area contributed by atoms with E-state index in [9.17, 15) is 26.3 Å². The van der Waals surface area contributed by atoms with Gasteiger partial charge in [0.25, 0.3) is 0 Å². The maximum atomic E-state index is 14.4. The fraction of sp³-hybridized carbons (Fsp3) is 0.100. The second kappa shape index (κ2) is 7.39. The van der Waals surface area contributed by atoms with Crippen molar-refractivity contribution < 1.29 is 31.1 Å². The van der Waals surface area contributed by atoms with Crippen molar-refractivity contribution in [2.24, 2.45) is 0 Å². The van der Waals surface area contributed by atoms with Crippen molar-refractivity contribution in [1.82, 2.24) is 0 Å². The van der Waals surface area contributed by atoms with Crippen LogP contribution in [0, 0.1) is 30.2 Å². The number of hydrogen-bond acceptors (Lipinski definition) is 1. The minimum absolute atomic E-state index is 0.222. The molecule has 0 atom stereocenters. The number of aryl methyl sites for hydroxylation is 1. The largest absolute Gasteiger partial charge is 0.429 e. The van der Waals surface area contributed by atoms with Crippen LogP contribution < -0.4 is 4.74 Å². The highest BCUT2D eigenvalue weighted by molar-refractivity contribution is 6.30. The molecule has 0 saturated carbocycles. The predicted molar refractivity (Wildman–Crippen MR) is 92.4 cm³/mol. The second-order valence-electron chi connectivity index (χ2n) is 5.97. The highest BCUT2D eigenvalue weighted by Crippen LogP contribution is 2.37. The maximum absolute atomic E-state index is 14.4. The molecule has 0 saturated heterocycles. The van der Waals surface area contributed by atoms with Gasteiger partial charge < -0.3 is 4.74 Å². The molecule has 0 spiro atoms. The molecule has 0 heterocycles. The Hall–Kier alpha value is -2.67. The second-order valence-corrected chi connectivity index (χ2v) is 6.35. The van der Waals surface area contributed by atoms with Crippen molar-refractivity contribution in [1.29, 1.82) is 0 Å². The van der Waals surface area contributed by atoms with Gasteiger partial charge in [-0.15, -0.1) is 0 Å². The van der Waals surface area contributed by atoms with Crippen molar-refractivity contribution in [3.63, 3.8) is 0 Å². The minimum atomic E-state index is -4.40. The number of alkyl halides is 2. The third kappa shape index (κ3) is 3.80. The summed E-state index contributed by atoms with van der Waals surface area (Å²) in [5.41, 5.74) is -0.472. The SMILES string of the molecule is Cc1ccc(-c2ccc(C(F)(F)Oc3cc(F)c(Cl)c(F)c3)c(F)c2F)cc1. The van der Waals surface area contributed by atoms with Crippen LogP contribution in [0.15, 0.2) is 48.5 Å². The summed E-state index contributed by atoms with van der Waals surface area (Å²) in [5.74, 6) is -6.95. The third-order valence-corrected chi connectivity index (χ3v) is 4.32. The Morgan fingerprint density at radius 2 is 1.39 bits per heavy atom. The summed E-state index contributed by atoms with van der Waals surface area (Å²) < 4.78 is 88.4. The number of hydrogen-bond donors (Lipinski definition) is 0. The smallest absolute Gasteiger partial charge is 0.429 e. The van der Waals surface area contributed by atoms with Crippen LogP contribution >= 0.6 is 11.6 Å². The van der Waals surface area contributed by atoms with Crippen LogP contribution in [-0.2, 0) is 6.11 Å². The van der Waals surface area contributed by atoms with Crippen LogP contribution in [0.5, 0.6) is 5.75 Å². The van der Waals surface area contributed by atoms with E-state index < -0.39 is 45.7 Å². The van der Waals surface area contributed by atoms with Crippen molar-refractivity contribution >= 4 is 11.6 Å². The number of halogens is 7. The molecule has 28 heavy (non-hydrogen) atoms. The third-order valence-electron chi connectivity index (χ3n) is 3.96. The first-order valence-electron chi connectivity index (χ1n) is 7.87. The summed E-state index contributed by atoms with van der Waals surface area (Å²) in [4.78, 5) is 0. The summed E-state index contributed by atoms with van der Waals surface area (Å²) in [5, 5.41) is -0.907. The zero-order chi connectivity index (χ0) is 20.6. The topological polar surface area (TPSA) is 9.23 Å². The molecule has 0 aliphatic heterocycles. The lowest BCUT2D eigenvalue weighted by Crippen LogP contribution is -2.24. The van der Waals surface area contributed by atoms with Crippen LogP contribution in [0.1, 0.15) is 11.1 Å². The van der Waals surface area contributed by atoms with E-state index >= 15 is 0 Å². The van der Waals surface area contributed by atoms with Gasteiger partial charge in [-0.05, 0) is 18.6 Å². The maximum Gasteiger partial charge on any atom is 0.429 e. The van der Waals surface area contributed by atoms with Crippen LogP contribution in [0.2, 0.25) is 5.02 Å². The molecule has 0 radical (unpaired) electrons. The molecule has 3 aromatic carbocycles. The Balaban J connectivity index is 1.98.